The van der Waals surface area contributed by atoms with E-state index in [4.69, 9.17) is 11.6 Å². The van der Waals surface area contributed by atoms with Gasteiger partial charge in [-0.25, -0.2) is 4.98 Å². The Bertz CT molecular complexity index is 467. The van der Waals surface area contributed by atoms with Crippen LogP contribution >= 0.6 is 22.9 Å². The van der Waals surface area contributed by atoms with Crippen LogP contribution in [-0.2, 0) is 6.42 Å². The molecular weight excluding hydrogens is 230 g/mol. The summed E-state index contributed by atoms with van der Waals surface area (Å²) in [6.45, 7) is 0. The van der Waals surface area contributed by atoms with Gasteiger partial charge in [0.2, 0.25) is 0 Å². The fourth-order valence-electron chi connectivity index (χ4n) is 1.24. The Balaban J connectivity index is 2.15. The minimum Gasteiger partial charge on any atom is -0.294 e. The highest BCUT2D eigenvalue weighted by atomic mass is 35.5. The van der Waals surface area contributed by atoms with Crippen molar-refractivity contribution in [1.82, 2.24) is 4.98 Å². The maximum absolute atomic E-state index is 11.8. The van der Waals surface area contributed by atoms with Crippen LogP contribution in [0.1, 0.15) is 15.4 Å². The van der Waals surface area contributed by atoms with Gasteiger partial charge in [0, 0.05) is 22.2 Å². The van der Waals surface area contributed by atoms with Crippen molar-refractivity contribution in [2.45, 2.75) is 6.42 Å². The molecule has 15 heavy (non-hydrogen) atoms. The van der Waals surface area contributed by atoms with Crippen LogP contribution in [0.25, 0.3) is 0 Å². The quantitative estimate of drug-likeness (QED) is 0.768. The largest absolute Gasteiger partial charge is 0.294 e. The molecule has 2 rings (SSSR count). The van der Waals surface area contributed by atoms with Gasteiger partial charge in [-0.3, -0.25) is 4.79 Å². The highest BCUT2D eigenvalue weighted by molar-refractivity contribution is 7.09. The van der Waals surface area contributed by atoms with E-state index < -0.39 is 0 Å². The summed E-state index contributed by atoms with van der Waals surface area (Å²) in [5.74, 6) is 0.0486. The normalized spacial score (nSPS) is 10.2. The van der Waals surface area contributed by atoms with Crippen LogP contribution in [-0.4, -0.2) is 10.8 Å². The Kier molecular flexibility index (Phi) is 3.14. The highest BCUT2D eigenvalue weighted by Crippen LogP contribution is 2.14. The summed E-state index contributed by atoms with van der Waals surface area (Å²) in [7, 11) is 0. The Labute approximate surface area is 96.5 Å². The van der Waals surface area contributed by atoms with Crippen LogP contribution < -0.4 is 0 Å². The number of thiazole rings is 1. The first-order valence-corrected chi connectivity index (χ1v) is 5.68. The number of benzene rings is 1. The van der Waals surface area contributed by atoms with Crippen molar-refractivity contribution in [2.24, 2.45) is 0 Å². The van der Waals surface area contributed by atoms with E-state index in [1.54, 1.807) is 30.5 Å². The minimum absolute atomic E-state index is 0.0486. The van der Waals surface area contributed by atoms with Gasteiger partial charge in [-0.2, -0.15) is 0 Å². The third kappa shape index (κ3) is 2.64. The van der Waals surface area contributed by atoms with Gasteiger partial charge in [0.1, 0.15) is 5.01 Å². The van der Waals surface area contributed by atoms with Crippen molar-refractivity contribution >= 4 is 28.7 Å². The Morgan fingerprint density at radius 3 is 3.00 bits per heavy atom. The first kappa shape index (κ1) is 10.3. The molecule has 0 saturated carbocycles. The third-order valence-electron chi connectivity index (χ3n) is 1.94. The molecule has 0 N–H and O–H groups in total. The third-order valence-corrected chi connectivity index (χ3v) is 2.96. The van der Waals surface area contributed by atoms with Crippen molar-refractivity contribution in [3.63, 3.8) is 0 Å². The zero-order chi connectivity index (χ0) is 10.7. The highest BCUT2D eigenvalue weighted by Gasteiger charge is 2.08. The Morgan fingerprint density at radius 1 is 1.47 bits per heavy atom. The summed E-state index contributed by atoms with van der Waals surface area (Å²) in [6.07, 6.45) is 2.04. The van der Waals surface area contributed by atoms with Crippen molar-refractivity contribution in [1.29, 1.82) is 0 Å². The molecule has 0 amide bonds. The van der Waals surface area contributed by atoms with Crippen LogP contribution in [0.4, 0.5) is 0 Å². The number of nitrogens with zero attached hydrogens (tertiary/aromatic N) is 1. The van der Waals surface area contributed by atoms with Crippen LogP contribution in [0.3, 0.4) is 0 Å². The monoisotopic (exact) mass is 237 g/mol. The van der Waals surface area contributed by atoms with Gasteiger partial charge in [-0.1, -0.05) is 23.7 Å². The second-order valence-electron chi connectivity index (χ2n) is 3.04. The van der Waals surface area contributed by atoms with Crippen LogP contribution in [0.15, 0.2) is 35.8 Å². The van der Waals surface area contributed by atoms with E-state index in [-0.39, 0.29) is 5.78 Å². The summed E-state index contributed by atoms with van der Waals surface area (Å²) in [6, 6.07) is 6.97. The van der Waals surface area contributed by atoms with E-state index in [2.05, 4.69) is 4.98 Å². The topological polar surface area (TPSA) is 30.0 Å². The average Bonchev–Trinajstić information content (AvgIpc) is 2.70. The zero-order valence-electron chi connectivity index (χ0n) is 7.81. The number of rotatable bonds is 3. The maximum atomic E-state index is 11.8. The first-order valence-electron chi connectivity index (χ1n) is 4.43. The fraction of sp³-hybridized carbons (Fsp3) is 0.0909. The smallest absolute Gasteiger partial charge is 0.169 e. The van der Waals surface area contributed by atoms with Crippen LogP contribution in [0, 0.1) is 0 Å². The van der Waals surface area contributed by atoms with E-state index in [1.807, 2.05) is 5.38 Å². The molecular formula is C11H8ClNOS. The number of ketones is 1. The lowest BCUT2D eigenvalue weighted by Gasteiger charge is -1.98. The Hall–Kier alpha value is -1.19. The molecule has 1 aromatic carbocycles. The van der Waals surface area contributed by atoms with Crippen LogP contribution in [0.2, 0.25) is 5.02 Å². The fourth-order valence-corrected chi connectivity index (χ4v) is 2.05. The second-order valence-corrected chi connectivity index (χ2v) is 4.45. The molecule has 4 heteroatoms. The molecule has 2 nitrogen and oxygen atoms in total. The van der Waals surface area contributed by atoms with E-state index in [0.717, 1.165) is 5.01 Å². The van der Waals surface area contributed by atoms with E-state index in [9.17, 15) is 4.79 Å². The number of hydrogen-bond donors (Lipinski definition) is 0. The van der Waals surface area contributed by atoms with Gasteiger partial charge in [-0.05, 0) is 12.1 Å². The molecule has 0 saturated heterocycles. The number of carbonyl (C=O) groups excluding carboxylic acids is 1. The molecule has 2 aromatic rings. The number of hydrogen-bond acceptors (Lipinski definition) is 3. The summed E-state index contributed by atoms with van der Waals surface area (Å²) < 4.78 is 0. The van der Waals surface area contributed by atoms with Gasteiger partial charge in [0.05, 0.1) is 6.42 Å². The molecule has 0 fully saturated rings. The average molecular weight is 238 g/mol. The van der Waals surface area contributed by atoms with E-state index >= 15 is 0 Å². The van der Waals surface area contributed by atoms with Gasteiger partial charge >= 0.3 is 0 Å². The molecule has 1 heterocycles. The molecule has 0 aliphatic rings. The van der Waals surface area contributed by atoms with Gasteiger partial charge in [0.25, 0.3) is 0 Å². The molecule has 0 radical (unpaired) electrons. The molecule has 0 spiro atoms. The number of Topliss-reactive ketones (excluding diaryl/α,β-unsaturated/α-hetero) is 1. The second kappa shape index (κ2) is 4.55. The lowest BCUT2D eigenvalue weighted by atomic mass is 10.1. The minimum atomic E-state index is 0.0486. The maximum Gasteiger partial charge on any atom is 0.169 e. The summed E-state index contributed by atoms with van der Waals surface area (Å²) in [5.41, 5.74) is 0.637. The Morgan fingerprint density at radius 2 is 2.33 bits per heavy atom. The van der Waals surface area contributed by atoms with Crippen molar-refractivity contribution in [3.05, 3.63) is 51.4 Å². The lowest BCUT2D eigenvalue weighted by Crippen LogP contribution is -2.02. The number of carbonyl (C=O) groups is 1. The van der Waals surface area contributed by atoms with Gasteiger partial charge in [0.15, 0.2) is 5.78 Å². The molecule has 76 valence electrons. The SMILES string of the molecule is O=C(Cc1nccs1)c1cccc(Cl)c1. The first-order chi connectivity index (χ1) is 7.25. The summed E-state index contributed by atoms with van der Waals surface area (Å²) in [4.78, 5) is 15.8. The van der Waals surface area contributed by atoms with Gasteiger partial charge < -0.3 is 0 Å². The lowest BCUT2D eigenvalue weighted by molar-refractivity contribution is 0.0993. The standard InChI is InChI=1S/C11H8ClNOS/c12-9-3-1-2-8(6-9)10(14)7-11-13-4-5-15-11/h1-6H,7H2. The summed E-state index contributed by atoms with van der Waals surface area (Å²) >= 11 is 7.29. The summed E-state index contributed by atoms with van der Waals surface area (Å²) in [5, 5.41) is 3.28. The van der Waals surface area contributed by atoms with Crippen molar-refractivity contribution in [2.75, 3.05) is 0 Å². The molecule has 0 bridgehead atoms. The van der Waals surface area contributed by atoms with E-state index in [0.29, 0.717) is 17.0 Å². The zero-order valence-corrected chi connectivity index (χ0v) is 9.39. The molecule has 0 unspecified atom stereocenters. The van der Waals surface area contributed by atoms with Crippen molar-refractivity contribution in [3.8, 4) is 0 Å². The predicted octanol–water partition coefficient (Wildman–Crippen LogP) is 3.22. The molecule has 0 atom stereocenters. The van der Waals surface area contributed by atoms with Gasteiger partial charge in [-0.15, -0.1) is 11.3 Å². The molecule has 1 aromatic heterocycles. The number of aromatic nitrogens is 1. The van der Waals surface area contributed by atoms with Crippen LogP contribution in [0.5, 0.6) is 0 Å². The molecule has 0 aliphatic heterocycles. The molecule has 0 aliphatic carbocycles. The van der Waals surface area contributed by atoms with E-state index in [1.165, 1.54) is 11.3 Å². The number of halogens is 1. The van der Waals surface area contributed by atoms with Crippen molar-refractivity contribution < 1.29 is 4.79 Å². The predicted molar refractivity (Wildman–Crippen MR) is 61.6 cm³/mol.